The average molecular weight is 365 g/mol. The molecule has 0 aliphatic carbocycles. The summed E-state index contributed by atoms with van der Waals surface area (Å²) in [7, 11) is 0. The van der Waals surface area contributed by atoms with Gasteiger partial charge in [-0.05, 0) is 25.6 Å². The lowest BCUT2D eigenvalue weighted by Gasteiger charge is -2.20. The summed E-state index contributed by atoms with van der Waals surface area (Å²) in [4.78, 5) is 0. The summed E-state index contributed by atoms with van der Waals surface area (Å²) in [6, 6.07) is 0. The monoisotopic (exact) mass is 365 g/mol. The van der Waals surface area contributed by atoms with Crippen LogP contribution >= 0.6 is 46.8 Å². The number of rotatable bonds is 7. The van der Waals surface area contributed by atoms with E-state index in [1.54, 1.807) is 0 Å². The van der Waals surface area contributed by atoms with E-state index < -0.39 is 0 Å². The molecular weight excluding hydrogens is 346 g/mol. The Bertz CT molecular complexity index is 280. The summed E-state index contributed by atoms with van der Waals surface area (Å²) in [5.74, 6) is 0.480. The molecule has 89 valence electrons. The van der Waals surface area contributed by atoms with Crippen molar-refractivity contribution in [3.8, 4) is 0 Å². The van der Waals surface area contributed by atoms with Crippen LogP contribution in [0.1, 0.15) is 26.7 Å². The zero-order valence-corrected chi connectivity index (χ0v) is 13.8. The molecule has 16 heavy (non-hydrogen) atoms. The van der Waals surface area contributed by atoms with Gasteiger partial charge in [0, 0.05) is 15.7 Å². The quantitative estimate of drug-likeness (QED) is 0.227. The van der Waals surface area contributed by atoms with Gasteiger partial charge in [0.05, 0.1) is 0 Å². The Balaban J connectivity index is 2.48. The average Bonchev–Trinajstić information content (AvgIpc) is 3.03. The summed E-state index contributed by atoms with van der Waals surface area (Å²) in [6.45, 7) is 12.5. The predicted octanol–water partition coefficient (Wildman–Crippen LogP) is 4.54. The molecule has 1 heterocycles. The van der Waals surface area contributed by atoms with Crippen molar-refractivity contribution >= 4 is 51.9 Å². The lowest BCUT2D eigenvalue weighted by atomic mass is 9.75. The molecule has 0 bridgehead atoms. The first-order valence-electron chi connectivity index (χ1n) is 5.62. The van der Waals surface area contributed by atoms with Crippen molar-refractivity contribution in [3.05, 3.63) is 24.3 Å². The zero-order valence-electron chi connectivity index (χ0n) is 9.95. The van der Waals surface area contributed by atoms with E-state index in [0.29, 0.717) is 11.1 Å². The van der Waals surface area contributed by atoms with Gasteiger partial charge in [-0.25, -0.2) is 0 Å². The van der Waals surface area contributed by atoms with Crippen molar-refractivity contribution in [2.75, 3.05) is 0 Å². The summed E-state index contributed by atoms with van der Waals surface area (Å²) in [6.07, 6.45) is 2.29. The molecule has 0 spiro atoms. The first kappa shape index (κ1) is 15.0. The predicted molar refractivity (Wildman–Crippen MR) is 90.3 cm³/mol. The van der Waals surface area contributed by atoms with E-state index in [1.165, 1.54) is 12.0 Å². The topological polar surface area (TPSA) is 0 Å². The number of thioether (sulfide) groups is 1. The van der Waals surface area contributed by atoms with E-state index in [9.17, 15) is 0 Å². The molecule has 1 aliphatic heterocycles. The number of hydrogen-bond donors (Lipinski definition) is 1. The molecule has 4 unspecified atom stereocenters. The van der Waals surface area contributed by atoms with E-state index in [4.69, 9.17) is 0 Å². The largest absolute Gasteiger partial charge is 0.207 e. The highest BCUT2D eigenvalue weighted by Crippen LogP contribution is 2.51. The lowest BCUT2D eigenvalue weighted by Crippen LogP contribution is -2.13. The number of hydrogen-bond acceptors (Lipinski definition) is 2. The van der Waals surface area contributed by atoms with Crippen molar-refractivity contribution in [3.63, 3.8) is 0 Å². The number of halogens is 1. The van der Waals surface area contributed by atoms with Crippen molar-refractivity contribution in [2.24, 2.45) is 0 Å². The summed E-state index contributed by atoms with van der Waals surface area (Å²) < 4.78 is 0. The molecule has 1 fully saturated rings. The fourth-order valence-electron chi connectivity index (χ4n) is 1.72. The molecule has 1 aliphatic rings. The molecule has 1 rings (SSSR count). The van der Waals surface area contributed by atoms with E-state index in [-0.39, 0.29) is 5.25 Å². The van der Waals surface area contributed by atoms with E-state index >= 15 is 0 Å². The van der Waals surface area contributed by atoms with Crippen LogP contribution in [0.15, 0.2) is 24.3 Å². The molecule has 0 aromatic carbocycles. The minimum Gasteiger partial charge on any atom is -0.171 e. The molecule has 0 saturated carbocycles. The van der Waals surface area contributed by atoms with E-state index in [0.717, 1.165) is 17.2 Å². The van der Waals surface area contributed by atoms with Crippen LogP contribution in [0.3, 0.4) is 0 Å². The van der Waals surface area contributed by atoms with Gasteiger partial charge in [0.2, 0.25) is 5.14 Å². The molecule has 0 aromatic heterocycles. The third-order valence-corrected chi connectivity index (χ3v) is 6.11. The van der Waals surface area contributed by atoms with Crippen molar-refractivity contribution in [2.45, 2.75) is 48.3 Å². The second-order valence-electron chi connectivity index (χ2n) is 4.41. The van der Waals surface area contributed by atoms with Gasteiger partial charge in [-0.3, -0.25) is 0 Å². The van der Waals surface area contributed by atoms with Crippen LogP contribution in [0.2, 0.25) is 5.82 Å². The molecular formula is C12H19BIS2. The number of thiol groups is 1. The maximum atomic E-state index is 4.58. The molecule has 4 atom stereocenters. The van der Waals surface area contributed by atoms with Crippen LogP contribution in [-0.2, 0) is 0 Å². The molecule has 0 N–H and O–H groups in total. The Morgan fingerprint density at radius 3 is 2.56 bits per heavy atom. The fourth-order valence-corrected chi connectivity index (χ4v) is 3.89. The van der Waals surface area contributed by atoms with Gasteiger partial charge in [-0.15, -0.1) is 11.8 Å². The first-order valence-corrected chi connectivity index (χ1v) is 8.32. The first-order chi connectivity index (χ1) is 7.51. The van der Waals surface area contributed by atoms with Crippen LogP contribution < -0.4 is 0 Å². The molecule has 4 heteroatoms. The maximum Gasteiger partial charge on any atom is 0.207 e. The molecule has 0 aromatic rings. The SMILES string of the molecule is C=C(C)C(S)CC([B]I)C(=C)C1SC1CC. The third kappa shape index (κ3) is 4.02. The van der Waals surface area contributed by atoms with Crippen LogP contribution in [0.4, 0.5) is 0 Å². The summed E-state index contributed by atoms with van der Waals surface area (Å²) in [5, 5.41) is 4.02. The Labute approximate surface area is 124 Å². The maximum absolute atomic E-state index is 4.58. The lowest BCUT2D eigenvalue weighted by molar-refractivity contribution is 0.786. The second kappa shape index (κ2) is 6.79. The van der Waals surface area contributed by atoms with Gasteiger partial charge < -0.3 is 0 Å². The smallest absolute Gasteiger partial charge is 0.171 e. The second-order valence-corrected chi connectivity index (χ2v) is 7.14. The highest BCUT2D eigenvalue weighted by Gasteiger charge is 2.40. The van der Waals surface area contributed by atoms with Crippen LogP contribution in [0.25, 0.3) is 0 Å². The minimum atomic E-state index is 0.289. The van der Waals surface area contributed by atoms with Crippen molar-refractivity contribution in [1.29, 1.82) is 0 Å². The van der Waals surface area contributed by atoms with Crippen LogP contribution in [0, 0.1) is 0 Å². The van der Waals surface area contributed by atoms with E-state index in [1.807, 2.05) is 6.92 Å². The van der Waals surface area contributed by atoms with Gasteiger partial charge in [0.1, 0.15) is 0 Å². The zero-order chi connectivity index (χ0) is 12.3. The minimum absolute atomic E-state index is 0.289. The molecule has 1 radical (unpaired) electrons. The van der Waals surface area contributed by atoms with Crippen molar-refractivity contribution in [1.82, 2.24) is 0 Å². The van der Waals surface area contributed by atoms with Gasteiger partial charge >= 0.3 is 0 Å². The standard InChI is InChI=1S/C12H19BIS2/c1-5-11-12(16-11)8(4)9(13-14)6-10(15)7(2)3/h9-12,15H,2,4-6H2,1,3H3. The molecule has 0 nitrogen and oxygen atoms in total. The van der Waals surface area contributed by atoms with Crippen LogP contribution in [0.5, 0.6) is 0 Å². The Morgan fingerprint density at radius 1 is 1.56 bits per heavy atom. The third-order valence-electron chi connectivity index (χ3n) is 3.02. The Hall–Kier alpha value is 0.975. The van der Waals surface area contributed by atoms with Gasteiger partial charge in [0.15, 0.2) is 0 Å². The van der Waals surface area contributed by atoms with Crippen LogP contribution in [-0.4, -0.2) is 20.9 Å². The van der Waals surface area contributed by atoms with Gasteiger partial charge in [-0.2, -0.15) is 35.0 Å². The van der Waals surface area contributed by atoms with Gasteiger partial charge in [0.25, 0.3) is 0 Å². The van der Waals surface area contributed by atoms with Crippen molar-refractivity contribution < 1.29 is 0 Å². The molecule has 1 saturated heterocycles. The summed E-state index contributed by atoms with van der Waals surface area (Å²) >= 11 is 8.97. The van der Waals surface area contributed by atoms with Gasteiger partial charge in [-0.1, -0.05) is 31.2 Å². The normalized spacial score (nSPS) is 27.0. The molecule has 0 amide bonds. The Kier molecular flexibility index (Phi) is 6.38. The fraction of sp³-hybridized carbons (Fsp3) is 0.667. The highest BCUT2D eigenvalue weighted by atomic mass is 127. The Morgan fingerprint density at radius 2 is 2.19 bits per heavy atom. The van der Waals surface area contributed by atoms with E-state index in [2.05, 4.69) is 72.0 Å². The highest BCUT2D eigenvalue weighted by molar-refractivity contribution is 14.1. The summed E-state index contributed by atoms with van der Waals surface area (Å²) in [5.41, 5.74) is 2.53.